The van der Waals surface area contributed by atoms with E-state index in [2.05, 4.69) is 32.6 Å². The molecule has 1 aliphatic heterocycles. The first kappa shape index (κ1) is 16.4. The Kier molecular flexibility index (Phi) is 5.81. The van der Waals surface area contributed by atoms with Gasteiger partial charge < -0.3 is 10.0 Å². The predicted octanol–water partition coefficient (Wildman–Crippen LogP) is 1.87. The molecule has 0 spiro atoms. The van der Waals surface area contributed by atoms with Crippen molar-refractivity contribution in [2.24, 2.45) is 0 Å². The topological polar surface area (TPSA) is 43.8 Å². The summed E-state index contributed by atoms with van der Waals surface area (Å²) in [6, 6.07) is 0.477. The van der Waals surface area contributed by atoms with Gasteiger partial charge in [0, 0.05) is 18.6 Å². The van der Waals surface area contributed by atoms with Crippen LogP contribution in [0.2, 0.25) is 0 Å². The Hall–Kier alpha value is -0.610. The molecular weight excluding hydrogens is 240 g/mol. The highest BCUT2D eigenvalue weighted by Gasteiger charge is 2.27. The highest BCUT2D eigenvalue weighted by Crippen LogP contribution is 2.21. The first-order chi connectivity index (χ1) is 8.73. The summed E-state index contributed by atoms with van der Waals surface area (Å²) in [6.45, 7) is 12.3. The molecule has 0 radical (unpaired) electrons. The van der Waals surface area contributed by atoms with Gasteiger partial charge in [0.2, 0.25) is 5.91 Å². The number of aliphatic hydroxyl groups is 1. The summed E-state index contributed by atoms with van der Waals surface area (Å²) < 4.78 is 0. The van der Waals surface area contributed by atoms with Crippen molar-refractivity contribution < 1.29 is 9.90 Å². The van der Waals surface area contributed by atoms with Gasteiger partial charge in [-0.3, -0.25) is 9.69 Å². The minimum atomic E-state index is -0.562. The summed E-state index contributed by atoms with van der Waals surface area (Å²) in [7, 11) is 0. The summed E-state index contributed by atoms with van der Waals surface area (Å²) in [5.74, 6) is 0.201. The molecule has 1 N–H and O–H groups in total. The third kappa shape index (κ3) is 5.11. The van der Waals surface area contributed by atoms with E-state index >= 15 is 0 Å². The van der Waals surface area contributed by atoms with Gasteiger partial charge in [0.25, 0.3) is 0 Å². The van der Waals surface area contributed by atoms with Crippen molar-refractivity contribution in [3.8, 4) is 0 Å². The fourth-order valence-corrected chi connectivity index (χ4v) is 2.92. The molecule has 1 heterocycles. The molecule has 0 aromatic heterocycles. The molecule has 0 aromatic carbocycles. The molecule has 0 saturated carbocycles. The SMILES string of the molecule is CC(C)N(C(=O)CN1CCCC(C)(O)CC1)C(C)C. The first-order valence-electron chi connectivity index (χ1n) is 7.49. The number of rotatable bonds is 4. The molecule has 0 aromatic rings. The number of amides is 1. The van der Waals surface area contributed by atoms with E-state index in [0.29, 0.717) is 6.54 Å². The van der Waals surface area contributed by atoms with Crippen LogP contribution in [0.3, 0.4) is 0 Å². The lowest BCUT2D eigenvalue weighted by Crippen LogP contribution is -2.47. The summed E-state index contributed by atoms with van der Waals surface area (Å²) in [5.41, 5.74) is -0.562. The maximum atomic E-state index is 12.4. The Morgan fingerprint density at radius 2 is 1.79 bits per heavy atom. The van der Waals surface area contributed by atoms with E-state index in [-0.39, 0.29) is 18.0 Å². The van der Waals surface area contributed by atoms with Gasteiger partial charge in [0.1, 0.15) is 0 Å². The van der Waals surface area contributed by atoms with Crippen LogP contribution in [0.1, 0.15) is 53.9 Å². The Bertz CT molecular complexity index is 293. The third-order valence-corrected chi connectivity index (χ3v) is 3.92. The molecule has 19 heavy (non-hydrogen) atoms. The Morgan fingerprint density at radius 1 is 1.21 bits per heavy atom. The van der Waals surface area contributed by atoms with E-state index in [1.807, 2.05) is 11.8 Å². The van der Waals surface area contributed by atoms with Crippen molar-refractivity contribution >= 4 is 5.91 Å². The molecule has 1 rings (SSSR count). The van der Waals surface area contributed by atoms with E-state index in [0.717, 1.165) is 32.4 Å². The highest BCUT2D eigenvalue weighted by molar-refractivity contribution is 5.78. The largest absolute Gasteiger partial charge is 0.390 e. The molecule has 1 atom stereocenters. The van der Waals surface area contributed by atoms with Crippen molar-refractivity contribution in [2.75, 3.05) is 19.6 Å². The fraction of sp³-hybridized carbons (Fsp3) is 0.933. The standard InChI is InChI=1S/C15H30N2O2/c1-12(2)17(13(3)4)14(18)11-16-9-6-7-15(5,19)8-10-16/h12-13,19H,6-11H2,1-5H3. The lowest BCUT2D eigenvalue weighted by molar-refractivity contribution is -0.136. The summed E-state index contributed by atoms with van der Waals surface area (Å²) in [5, 5.41) is 10.1. The van der Waals surface area contributed by atoms with Crippen molar-refractivity contribution in [3.63, 3.8) is 0 Å². The van der Waals surface area contributed by atoms with E-state index < -0.39 is 5.60 Å². The predicted molar refractivity (Wildman–Crippen MR) is 78.0 cm³/mol. The summed E-state index contributed by atoms with van der Waals surface area (Å²) >= 11 is 0. The third-order valence-electron chi connectivity index (χ3n) is 3.92. The molecule has 1 amide bonds. The maximum Gasteiger partial charge on any atom is 0.237 e. The van der Waals surface area contributed by atoms with Crippen LogP contribution in [0.25, 0.3) is 0 Å². The highest BCUT2D eigenvalue weighted by atomic mass is 16.3. The van der Waals surface area contributed by atoms with Crippen LogP contribution in [0.5, 0.6) is 0 Å². The average molecular weight is 270 g/mol. The van der Waals surface area contributed by atoms with Gasteiger partial charge in [0.15, 0.2) is 0 Å². The van der Waals surface area contributed by atoms with Crippen LogP contribution in [0, 0.1) is 0 Å². The second kappa shape index (κ2) is 6.71. The zero-order valence-electron chi connectivity index (χ0n) is 13.1. The summed E-state index contributed by atoms with van der Waals surface area (Å²) in [4.78, 5) is 16.5. The number of nitrogens with zero attached hydrogens (tertiary/aromatic N) is 2. The maximum absolute atomic E-state index is 12.4. The van der Waals surface area contributed by atoms with E-state index in [4.69, 9.17) is 0 Å². The number of hydrogen-bond donors (Lipinski definition) is 1. The molecule has 1 aliphatic rings. The zero-order chi connectivity index (χ0) is 14.6. The number of likely N-dealkylation sites (tertiary alicyclic amines) is 1. The molecule has 0 bridgehead atoms. The van der Waals surface area contributed by atoms with Crippen molar-refractivity contribution in [3.05, 3.63) is 0 Å². The smallest absolute Gasteiger partial charge is 0.237 e. The molecule has 112 valence electrons. The molecule has 1 unspecified atom stereocenters. The summed E-state index contributed by atoms with van der Waals surface area (Å²) in [6.07, 6.45) is 2.54. The van der Waals surface area contributed by atoms with Crippen LogP contribution in [0.15, 0.2) is 0 Å². The quantitative estimate of drug-likeness (QED) is 0.848. The average Bonchev–Trinajstić information content (AvgIpc) is 2.39. The van der Waals surface area contributed by atoms with Crippen LogP contribution < -0.4 is 0 Å². The molecule has 0 aliphatic carbocycles. The number of carbonyl (C=O) groups excluding carboxylic acids is 1. The zero-order valence-corrected chi connectivity index (χ0v) is 13.1. The van der Waals surface area contributed by atoms with Gasteiger partial charge in [-0.05, 0) is 60.4 Å². The number of carbonyl (C=O) groups is 1. The van der Waals surface area contributed by atoms with Crippen LogP contribution in [0.4, 0.5) is 0 Å². The Labute approximate surface area is 117 Å². The molecule has 4 nitrogen and oxygen atoms in total. The molecule has 4 heteroatoms. The van der Waals surface area contributed by atoms with Gasteiger partial charge in [0.05, 0.1) is 12.1 Å². The van der Waals surface area contributed by atoms with Crippen molar-refractivity contribution in [2.45, 2.75) is 71.6 Å². The van der Waals surface area contributed by atoms with Crippen molar-refractivity contribution in [1.82, 2.24) is 9.80 Å². The normalized spacial score (nSPS) is 25.7. The Morgan fingerprint density at radius 3 is 2.32 bits per heavy atom. The lowest BCUT2D eigenvalue weighted by atomic mass is 9.98. The molecule has 1 fully saturated rings. The van der Waals surface area contributed by atoms with E-state index in [1.54, 1.807) is 0 Å². The van der Waals surface area contributed by atoms with Crippen LogP contribution in [-0.4, -0.2) is 58.1 Å². The monoisotopic (exact) mass is 270 g/mol. The molecular formula is C15H30N2O2. The van der Waals surface area contributed by atoms with Crippen molar-refractivity contribution in [1.29, 1.82) is 0 Å². The first-order valence-corrected chi connectivity index (χ1v) is 7.49. The van der Waals surface area contributed by atoms with E-state index in [9.17, 15) is 9.90 Å². The van der Waals surface area contributed by atoms with Gasteiger partial charge >= 0.3 is 0 Å². The Balaban J connectivity index is 2.56. The molecule has 1 saturated heterocycles. The lowest BCUT2D eigenvalue weighted by Gasteiger charge is -2.33. The minimum absolute atomic E-state index is 0.201. The number of hydrogen-bond acceptors (Lipinski definition) is 3. The fourth-order valence-electron chi connectivity index (χ4n) is 2.92. The van der Waals surface area contributed by atoms with Crippen LogP contribution in [-0.2, 0) is 4.79 Å². The van der Waals surface area contributed by atoms with E-state index in [1.165, 1.54) is 0 Å². The minimum Gasteiger partial charge on any atom is -0.390 e. The second-order valence-electron chi connectivity index (χ2n) is 6.62. The van der Waals surface area contributed by atoms with Gasteiger partial charge in [-0.2, -0.15) is 0 Å². The van der Waals surface area contributed by atoms with Crippen LogP contribution >= 0.6 is 0 Å². The van der Waals surface area contributed by atoms with Gasteiger partial charge in [-0.1, -0.05) is 0 Å². The second-order valence-corrected chi connectivity index (χ2v) is 6.62. The van der Waals surface area contributed by atoms with Gasteiger partial charge in [-0.25, -0.2) is 0 Å². The van der Waals surface area contributed by atoms with Gasteiger partial charge in [-0.15, -0.1) is 0 Å².